The normalized spacial score (nSPS) is 18.2. The number of carbonyl (C=O) groups is 1. The van der Waals surface area contributed by atoms with Gasteiger partial charge in [-0.15, -0.1) is 0 Å². The van der Waals surface area contributed by atoms with Crippen LogP contribution in [-0.2, 0) is 9.57 Å². The van der Waals surface area contributed by atoms with Gasteiger partial charge in [-0.1, -0.05) is 16.8 Å². The second kappa shape index (κ2) is 4.81. The molecule has 2 heterocycles. The van der Waals surface area contributed by atoms with Crippen LogP contribution in [0, 0.1) is 6.92 Å². The van der Waals surface area contributed by atoms with E-state index >= 15 is 0 Å². The van der Waals surface area contributed by atoms with Gasteiger partial charge in [0.25, 0.3) is 0 Å². The second-order valence-electron chi connectivity index (χ2n) is 3.87. The molecule has 0 radical (unpaired) electrons. The van der Waals surface area contributed by atoms with Crippen LogP contribution in [0.15, 0.2) is 11.2 Å². The molecule has 1 unspecified atom stereocenters. The first kappa shape index (κ1) is 12.6. The summed E-state index contributed by atoms with van der Waals surface area (Å²) in [5, 5.41) is 3.99. The van der Waals surface area contributed by atoms with Crippen LogP contribution in [0.3, 0.4) is 0 Å². The molecule has 1 aromatic rings. The minimum Gasteiger partial charge on any atom is -0.464 e. The fourth-order valence-electron chi connectivity index (χ4n) is 1.62. The Labute approximate surface area is 109 Å². The molecule has 2 rings (SSSR count). The van der Waals surface area contributed by atoms with E-state index in [0.717, 1.165) is 0 Å². The van der Waals surface area contributed by atoms with Gasteiger partial charge in [-0.05, 0) is 13.0 Å². The van der Waals surface area contributed by atoms with Crippen molar-refractivity contribution in [1.29, 1.82) is 0 Å². The highest BCUT2D eigenvalue weighted by Gasteiger charge is 2.25. The summed E-state index contributed by atoms with van der Waals surface area (Å²) in [6, 6.07) is 1.65. The number of rotatable bonds is 2. The maximum atomic E-state index is 11.6. The number of pyridine rings is 1. The zero-order valence-corrected chi connectivity index (χ0v) is 10.7. The Bertz CT molecular complexity index is 531. The number of hydrogen-bond donors (Lipinski definition) is 1. The first-order chi connectivity index (χ1) is 8.52. The summed E-state index contributed by atoms with van der Waals surface area (Å²) in [5.74, 6) is -0.536. The van der Waals surface area contributed by atoms with E-state index in [9.17, 15) is 4.79 Å². The third kappa shape index (κ3) is 2.24. The highest BCUT2D eigenvalue weighted by Crippen LogP contribution is 2.29. The molecule has 1 aliphatic rings. The van der Waals surface area contributed by atoms with Crippen LogP contribution >= 0.6 is 11.6 Å². The van der Waals surface area contributed by atoms with Crippen molar-refractivity contribution in [2.24, 2.45) is 5.16 Å². The van der Waals surface area contributed by atoms with Crippen molar-refractivity contribution in [1.82, 2.24) is 4.98 Å². The van der Waals surface area contributed by atoms with Crippen LogP contribution in [0.1, 0.15) is 34.3 Å². The average molecular weight is 270 g/mol. The Morgan fingerprint density at radius 1 is 1.67 bits per heavy atom. The number of nitrogens with two attached hydrogens (primary N) is 1. The predicted molar refractivity (Wildman–Crippen MR) is 66.5 cm³/mol. The van der Waals surface area contributed by atoms with Crippen molar-refractivity contribution in [2.75, 3.05) is 12.8 Å². The largest absolute Gasteiger partial charge is 0.464 e. The lowest BCUT2D eigenvalue weighted by molar-refractivity contribution is 0.0588. The lowest BCUT2D eigenvalue weighted by Crippen LogP contribution is -2.13. The van der Waals surface area contributed by atoms with Crippen molar-refractivity contribution in [3.63, 3.8) is 0 Å². The van der Waals surface area contributed by atoms with Gasteiger partial charge in [-0.25, -0.2) is 9.78 Å². The van der Waals surface area contributed by atoms with Crippen LogP contribution in [0.2, 0.25) is 0 Å². The molecule has 0 aliphatic carbocycles. The van der Waals surface area contributed by atoms with Gasteiger partial charge in [0.1, 0.15) is 5.17 Å². The third-order valence-corrected chi connectivity index (χ3v) is 2.90. The van der Waals surface area contributed by atoms with E-state index in [1.54, 1.807) is 13.0 Å². The van der Waals surface area contributed by atoms with Crippen molar-refractivity contribution in [3.8, 4) is 0 Å². The van der Waals surface area contributed by atoms with E-state index in [4.69, 9.17) is 22.2 Å². The molecule has 0 saturated carbocycles. The van der Waals surface area contributed by atoms with E-state index in [1.165, 1.54) is 7.11 Å². The molecule has 1 atom stereocenters. The van der Waals surface area contributed by atoms with Crippen molar-refractivity contribution in [3.05, 3.63) is 23.0 Å². The predicted octanol–water partition coefficient (Wildman–Crippen LogP) is 1.77. The van der Waals surface area contributed by atoms with Gasteiger partial charge in [0, 0.05) is 17.7 Å². The van der Waals surface area contributed by atoms with E-state index < -0.39 is 12.1 Å². The zero-order valence-electron chi connectivity index (χ0n) is 9.94. The van der Waals surface area contributed by atoms with Gasteiger partial charge >= 0.3 is 5.97 Å². The quantitative estimate of drug-likeness (QED) is 0.827. The number of nitrogens with zero attached hydrogens (tertiary/aromatic N) is 2. The molecule has 0 bridgehead atoms. The standard InChI is InChI=1S/C11H12ClN3O3/c1-5-6(13)3-7(8-4-9(12)15-18-8)14-10(5)11(16)17-2/h3,8H,4H2,1-2H3,(H2,13,14). The first-order valence-electron chi connectivity index (χ1n) is 5.26. The van der Waals surface area contributed by atoms with E-state index in [2.05, 4.69) is 14.9 Å². The number of anilines is 1. The molecule has 0 spiro atoms. The van der Waals surface area contributed by atoms with Crippen molar-refractivity contribution < 1.29 is 14.4 Å². The summed E-state index contributed by atoms with van der Waals surface area (Å²) < 4.78 is 4.66. The average Bonchev–Trinajstić information content (AvgIpc) is 2.78. The van der Waals surface area contributed by atoms with Gasteiger partial charge in [0.15, 0.2) is 11.8 Å². The summed E-state index contributed by atoms with van der Waals surface area (Å²) in [4.78, 5) is 20.9. The van der Waals surface area contributed by atoms with Crippen LogP contribution in [0.25, 0.3) is 0 Å². The van der Waals surface area contributed by atoms with Gasteiger partial charge in [-0.3, -0.25) is 0 Å². The number of ether oxygens (including phenoxy) is 1. The van der Waals surface area contributed by atoms with Crippen molar-refractivity contribution in [2.45, 2.75) is 19.4 Å². The SMILES string of the molecule is COC(=O)c1nc(C2CC(Cl)=NO2)cc(N)c1C. The molecule has 1 aliphatic heterocycles. The molecule has 0 amide bonds. The molecular weight excluding hydrogens is 258 g/mol. The second-order valence-corrected chi connectivity index (χ2v) is 4.30. The number of carbonyl (C=O) groups excluding carboxylic acids is 1. The van der Waals surface area contributed by atoms with Crippen LogP contribution in [0.4, 0.5) is 5.69 Å². The number of esters is 1. The first-order valence-corrected chi connectivity index (χ1v) is 5.64. The summed E-state index contributed by atoms with van der Waals surface area (Å²) in [7, 11) is 1.29. The number of nitrogen functional groups attached to an aromatic ring is 1. The third-order valence-electron chi connectivity index (χ3n) is 2.67. The van der Waals surface area contributed by atoms with Gasteiger partial charge < -0.3 is 15.3 Å². The molecule has 18 heavy (non-hydrogen) atoms. The Morgan fingerprint density at radius 2 is 2.39 bits per heavy atom. The molecule has 1 aromatic heterocycles. The number of methoxy groups -OCH3 is 1. The Kier molecular flexibility index (Phi) is 3.38. The molecule has 96 valence electrons. The Balaban J connectivity index is 2.38. The van der Waals surface area contributed by atoms with Gasteiger partial charge in [0.2, 0.25) is 0 Å². The molecule has 0 aromatic carbocycles. The number of hydrogen-bond acceptors (Lipinski definition) is 6. The zero-order chi connectivity index (χ0) is 13.3. The highest BCUT2D eigenvalue weighted by molar-refractivity contribution is 6.65. The summed E-state index contributed by atoms with van der Waals surface area (Å²) in [6.45, 7) is 1.71. The highest BCUT2D eigenvalue weighted by atomic mass is 35.5. The number of aromatic nitrogens is 1. The monoisotopic (exact) mass is 269 g/mol. The Morgan fingerprint density at radius 3 is 2.94 bits per heavy atom. The van der Waals surface area contributed by atoms with E-state index in [-0.39, 0.29) is 5.69 Å². The summed E-state index contributed by atoms with van der Waals surface area (Å²) >= 11 is 5.73. The lowest BCUT2D eigenvalue weighted by atomic mass is 10.1. The van der Waals surface area contributed by atoms with Gasteiger partial charge in [0.05, 0.1) is 12.8 Å². The smallest absolute Gasteiger partial charge is 0.357 e. The summed E-state index contributed by atoms with van der Waals surface area (Å²) in [5.41, 5.74) is 7.56. The molecule has 0 fully saturated rings. The fraction of sp³-hybridized carbons (Fsp3) is 0.364. The maximum Gasteiger partial charge on any atom is 0.357 e. The van der Waals surface area contributed by atoms with Crippen LogP contribution in [-0.4, -0.2) is 23.2 Å². The van der Waals surface area contributed by atoms with Gasteiger partial charge in [-0.2, -0.15) is 0 Å². The lowest BCUT2D eigenvalue weighted by Gasteiger charge is -2.12. The van der Waals surface area contributed by atoms with Crippen LogP contribution < -0.4 is 5.73 Å². The van der Waals surface area contributed by atoms with E-state index in [0.29, 0.717) is 28.5 Å². The summed E-state index contributed by atoms with van der Waals surface area (Å²) in [6.07, 6.45) is 0.00121. The maximum absolute atomic E-state index is 11.6. The molecule has 2 N–H and O–H groups in total. The number of halogens is 1. The fourth-order valence-corrected chi connectivity index (χ4v) is 1.80. The minimum atomic E-state index is -0.536. The van der Waals surface area contributed by atoms with Crippen molar-refractivity contribution >= 4 is 28.4 Å². The number of oxime groups is 1. The Hall–Kier alpha value is -1.82. The molecule has 0 saturated heterocycles. The van der Waals surface area contributed by atoms with E-state index in [1.807, 2.05) is 0 Å². The van der Waals surface area contributed by atoms with Crippen LogP contribution in [0.5, 0.6) is 0 Å². The molecule has 7 heteroatoms. The molecular formula is C11H12ClN3O3. The topological polar surface area (TPSA) is 86.8 Å². The minimum absolute atomic E-state index is 0.180. The molecule has 6 nitrogen and oxygen atoms in total.